The van der Waals surface area contributed by atoms with E-state index in [2.05, 4.69) is 19.6 Å². The van der Waals surface area contributed by atoms with Crippen LogP contribution in [-0.4, -0.2) is 25.2 Å². The molecule has 0 aliphatic heterocycles. The van der Waals surface area contributed by atoms with Crippen LogP contribution in [0, 0.1) is 0 Å². The van der Waals surface area contributed by atoms with Gasteiger partial charge < -0.3 is 10.8 Å². The molecule has 0 aromatic heterocycles. The van der Waals surface area contributed by atoms with Crippen LogP contribution in [0.15, 0.2) is 0 Å². The minimum Gasteiger partial charge on any atom is -0.480 e. The van der Waals surface area contributed by atoms with E-state index in [0.717, 1.165) is 0 Å². The number of rotatable bonds is 3. The van der Waals surface area contributed by atoms with Gasteiger partial charge in [0.15, 0.2) is 0 Å². The summed E-state index contributed by atoms with van der Waals surface area (Å²) in [4.78, 5) is 10.3. The van der Waals surface area contributed by atoms with Crippen LogP contribution in [0.3, 0.4) is 0 Å². The normalized spacial score (nSPS) is 14.8. The largest absolute Gasteiger partial charge is 0.480 e. The van der Waals surface area contributed by atoms with Gasteiger partial charge in [-0.3, -0.25) is 4.79 Å². The van der Waals surface area contributed by atoms with Crippen LogP contribution in [0.5, 0.6) is 0 Å². The average molecular weight is 161 g/mol. The van der Waals surface area contributed by atoms with Crippen molar-refractivity contribution in [3.8, 4) is 0 Å². The summed E-state index contributed by atoms with van der Waals surface area (Å²) < 4.78 is 0. The Morgan fingerprint density at radius 3 is 2.10 bits per heavy atom. The summed E-state index contributed by atoms with van der Waals surface area (Å²) in [7, 11) is -1.29. The first-order chi connectivity index (χ1) is 4.33. The molecule has 4 heteroatoms. The van der Waals surface area contributed by atoms with Crippen molar-refractivity contribution in [1.82, 2.24) is 0 Å². The van der Waals surface area contributed by atoms with Gasteiger partial charge >= 0.3 is 5.97 Å². The summed E-state index contributed by atoms with van der Waals surface area (Å²) in [6.45, 7) is 6.32. The van der Waals surface area contributed by atoms with Crippen LogP contribution >= 0.6 is 0 Å². The highest BCUT2D eigenvalue weighted by Crippen LogP contribution is 2.09. The fraction of sp³-hybridized carbons (Fsp3) is 0.833. The molecule has 0 saturated carbocycles. The van der Waals surface area contributed by atoms with Crippen molar-refractivity contribution >= 4 is 14.0 Å². The zero-order valence-electron chi connectivity index (χ0n) is 6.72. The topological polar surface area (TPSA) is 63.3 Å². The number of carbonyl (C=O) groups is 1. The van der Waals surface area contributed by atoms with E-state index in [9.17, 15) is 4.79 Å². The fourth-order valence-electron chi connectivity index (χ4n) is 0.747. The number of hydrogen-bond acceptors (Lipinski definition) is 2. The molecule has 0 unspecified atom stereocenters. The minimum atomic E-state index is -1.29. The zero-order valence-corrected chi connectivity index (χ0v) is 7.72. The Balaban J connectivity index is 3.80. The molecular formula is C6H15NO2Si. The molecule has 0 heterocycles. The summed E-state index contributed by atoms with van der Waals surface area (Å²) in [6, 6.07) is -0.00540. The maximum absolute atomic E-state index is 10.3. The monoisotopic (exact) mass is 161 g/mol. The third-order valence-electron chi connectivity index (χ3n) is 1.15. The molecule has 3 N–H and O–H groups in total. The van der Waals surface area contributed by atoms with Gasteiger partial charge in [0.05, 0.1) is 0 Å². The molecule has 0 radical (unpaired) electrons. The quantitative estimate of drug-likeness (QED) is 0.600. The Bertz CT molecular complexity index is 130. The predicted molar refractivity (Wildman–Crippen MR) is 43.8 cm³/mol. The molecule has 1 atom stereocenters. The van der Waals surface area contributed by atoms with Crippen LogP contribution in [0.25, 0.3) is 0 Å². The molecule has 0 fully saturated rings. The third kappa shape index (κ3) is 4.52. The van der Waals surface area contributed by atoms with Gasteiger partial charge in [-0.2, -0.15) is 0 Å². The Labute approximate surface area is 62.2 Å². The van der Waals surface area contributed by atoms with Crippen molar-refractivity contribution < 1.29 is 9.90 Å². The molecule has 0 aromatic rings. The van der Waals surface area contributed by atoms with Gasteiger partial charge in [-0.15, -0.1) is 0 Å². The first-order valence-electron chi connectivity index (χ1n) is 3.31. The first kappa shape index (κ1) is 9.65. The van der Waals surface area contributed by atoms with Gasteiger partial charge in [0, 0.05) is 8.07 Å². The second-order valence-corrected chi connectivity index (χ2v) is 9.24. The Morgan fingerprint density at radius 1 is 1.60 bits per heavy atom. The molecule has 0 rings (SSSR count). The lowest BCUT2D eigenvalue weighted by atomic mass is 10.4. The number of nitrogens with two attached hydrogens (primary N) is 1. The lowest BCUT2D eigenvalue weighted by Gasteiger charge is -2.17. The van der Waals surface area contributed by atoms with Gasteiger partial charge in [0.1, 0.15) is 6.04 Å². The third-order valence-corrected chi connectivity index (χ3v) is 2.81. The van der Waals surface area contributed by atoms with Gasteiger partial charge in [0.2, 0.25) is 0 Å². The van der Waals surface area contributed by atoms with Gasteiger partial charge in [-0.05, 0) is 6.04 Å². The number of carboxylic acids is 1. The van der Waals surface area contributed by atoms with E-state index in [1.54, 1.807) is 0 Å². The van der Waals surface area contributed by atoms with Crippen LogP contribution in [0.4, 0.5) is 0 Å². The highest BCUT2D eigenvalue weighted by Gasteiger charge is 2.21. The second-order valence-electron chi connectivity index (χ2n) is 3.71. The zero-order chi connectivity index (χ0) is 8.36. The summed E-state index contributed by atoms with van der Waals surface area (Å²) in [6.07, 6.45) is 0. The van der Waals surface area contributed by atoms with E-state index in [4.69, 9.17) is 10.8 Å². The molecule has 60 valence electrons. The summed E-state index contributed by atoms with van der Waals surface area (Å²) in [5.74, 6) is -0.887. The first-order valence-corrected chi connectivity index (χ1v) is 7.02. The molecule has 0 spiro atoms. The Hall–Kier alpha value is -0.353. The maximum atomic E-state index is 10.3. The molecular weight excluding hydrogens is 146 g/mol. The minimum absolute atomic E-state index is 0.655. The van der Waals surface area contributed by atoms with Crippen molar-refractivity contribution in [2.45, 2.75) is 31.7 Å². The Morgan fingerprint density at radius 2 is 2.00 bits per heavy atom. The van der Waals surface area contributed by atoms with E-state index < -0.39 is 20.1 Å². The van der Waals surface area contributed by atoms with Crippen molar-refractivity contribution in [3.05, 3.63) is 0 Å². The van der Waals surface area contributed by atoms with Crippen molar-refractivity contribution in [2.75, 3.05) is 0 Å². The molecule has 0 aromatic carbocycles. The fourth-order valence-corrected chi connectivity index (χ4v) is 2.24. The second kappa shape index (κ2) is 3.16. The molecule has 10 heavy (non-hydrogen) atoms. The molecule has 3 nitrogen and oxygen atoms in total. The SMILES string of the molecule is C[Si](C)(C)C[C@H](N)C(=O)O. The molecule has 0 aliphatic carbocycles. The highest BCUT2D eigenvalue weighted by molar-refractivity contribution is 6.76. The van der Waals surface area contributed by atoms with E-state index >= 15 is 0 Å². The van der Waals surface area contributed by atoms with Crippen LogP contribution in [0.2, 0.25) is 25.7 Å². The predicted octanol–water partition coefficient (Wildman–Crippen LogP) is 0.736. The van der Waals surface area contributed by atoms with Gasteiger partial charge in [0.25, 0.3) is 0 Å². The van der Waals surface area contributed by atoms with E-state index in [-0.39, 0.29) is 0 Å². The summed E-state index contributed by atoms with van der Waals surface area (Å²) in [5, 5.41) is 8.44. The standard InChI is InChI=1S/C6H15NO2Si/c1-10(2,3)4-5(7)6(8)9/h5H,4,7H2,1-3H3,(H,8,9)/t5-/m0/s1. The van der Waals surface area contributed by atoms with Crippen LogP contribution < -0.4 is 5.73 Å². The van der Waals surface area contributed by atoms with Crippen molar-refractivity contribution in [1.29, 1.82) is 0 Å². The molecule has 0 amide bonds. The van der Waals surface area contributed by atoms with Crippen molar-refractivity contribution in [2.24, 2.45) is 5.73 Å². The number of carboxylic acid groups (broad SMARTS) is 1. The number of hydrogen-bond donors (Lipinski definition) is 2. The summed E-state index contributed by atoms with van der Waals surface area (Å²) in [5.41, 5.74) is 5.34. The lowest BCUT2D eigenvalue weighted by Crippen LogP contribution is -2.37. The van der Waals surface area contributed by atoms with Crippen molar-refractivity contribution in [3.63, 3.8) is 0 Å². The summed E-state index contributed by atoms with van der Waals surface area (Å²) >= 11 is 0. The molecule has 0 bridgehead atoms. The molecule has 0 aliphatic rings. The Kier molecular flexibility index (Phi) is 3.05. The smallest absolute Gasteiger partial charge is 0.320 e. The average Bonchev–Trinajstić information content (AvgIpc) is 1.60. The van der Waals surface area contributed by atoms with Crippen LogP contribution in [0.1, 0.15) is 0 Å². The highest BCUT2D eigenvalue weighted by atomic mass is 28.3. The van der Waals surface area contributed by atoms with E-state index in [0.29, 0.717) is 6.04 Å². The lowest BCUT2D eigenvalue weighted by molar-refractivity contribution is -0.138. The van der Waals surface area contributed by atoms with Crippen LogP contribution in [-0.2, 0) is 4.79 Å². The van der Waals surface area contributed by atoms with Gasteiger partial charge in [-0.1, -0.05) is 19.6 Å². The van der Waals surface area contributed by atoms with E-state index in [1.807, 2.05) is 0 Å². The maximum Gasteiger partial charge on any atom is 0.320 e. The van der Waals surface area contributed by atoms with E-state index in [1.165, 1.54) is 0 Å². The molecule has 0 saturated heterocycles. The van der Waals surface area contributed by atoms with Gasteiger partial charge in [-0.25, -0.2) is 0 Å². The number of aliphatic carboxylic acids is 1.